The lowest BCUT2D eigenvalue weighted by Crippen LogP contribution is -2.23. The molecule has 5 nitrogen and oxygen atoms in total. The molecular weight excluding hydrogens is 352 g/mol. The topological polar surface area (TPSA) is 58.6 Å². The van der Waals surface area contributed by atoms with Crippen LogP contribution >= 0.6 is 0 Å². The van der Waals surface area contributed by atoms with Crippen LogP contribution in [0.1, 0.15) is 41.8 Å². The molecule has 5 heteroatoms. The predicted molar refractivity (Wildman–Crippen MR) is 111 cm³/mol. The van der Waals surface area contributed by atoms with E-state index >= 15 is 0 Å². The maximum atomic E-state index is 12.0. The lowest BCUT2D eigenvalue weighted by molar-refractivity contribution is -0.118. The van der Waals surface area contributed by atoms with E-state index in [0.29, 0.717) is 12.2 Å². The smallest absolute Gasteiger partial charge is 0.338 e. The summed E-state index contributed by atoms with van der Waals surface area (Å²) in [4.78, 5) is 25.4. The lowest BCUT2D eigenvalue weighted by Gasteiger charge is -2.19. The molecule has 0 aromatic heterocycles. The normalized spacial score (nSPS) is 13.2. The zero-order valence-corrected chi connectivity index (χ0v) is 16.4. The number of nitrogens with one attached hydrogen (secondary N) is 1. The van der Waals surface area contributed by atoms with E-state index in [1.54, 1.807) is 12.1 Å². The Morgan fingerprint density at radius 3 is 2.68 bits per heavy atom. The van der Waals surface area contributed by atoms with E-state index in [2.05, 4.69) is 28.4 Å². The first-order valence-corrected chi connectivity index (χ1v) is 9.59. The first-order valence-electron chi connectivity index (χ1n) is 9.59. The van der Waals surface area contributed by atoms with Gasteiger partial charge in [0.15, 0.2) is 0 Å². The summed E-state index contributed by atoms with van der Waals surface area (Å²) in [6.45, 7) is 5.64. The van der Waals surface area contributed by atoms with E-state index in [-0.39, 0.29) is 11.9 Å². The molecule has 0 fully saturated rings. The van der Waals surface area contributed by atoms with Crippen molar-refractivity contribution >= 4 is 23.6 Å². The second kappa shape index (κ2) is 9.22. The van der Waals surface area contributed by atoms with Crippen molar-refractivity contribution in [2.75, 3.05) is 24.6 Å². The highest BCUT2D eigenvalue weighted by molar-refractivity contribution is 5.89. The van der Waals surface area contributed by atoms with Gasteiger partial charge in [-0.05, 0) is 61.2 Å². The summed E-state index contributed by atoms with van der Waals surface area (Å²) in [6.07, 6.45) is 3.77. The summed E-state index contributed by atoms with van der Waals surface area (Å²) in [5.74, 6) is -0.331. The number of rotatable bonds is 7. The Morgan fingerprint density at radius 2 is 1.93 bits per heavy atom. The molecule has 2 aromatic rings. The van der Waals surface area contributed by atoms with E-state index < -0.39 is 0 Å². The van der Waals surface area contributed by atoms with Gasteiger partial charge in [0.25, 0.3) is 0 Å². The number of esters is 1. The molecule has 1 aliphatic rings. The van der Waals surface area contributed by atoms with Crippen molar-refractivity contribution in [3.8, 4) is 0 Å². The quantitative estimate of drug-likeness (QED) is 0.588. The molecule has 0 unspecified atom stereocenters. The maximum absolute atomic E-state index is 12.0. The number of anilines is 1. The van der Waals surface area contributed by atoms with Gasteiger partial charge in [0.05, 0.1) is 12.2 Å². The highest BCUT2D eigenvalue weighted by atomic mass is 16.5. The van der Waals surface area contributed by atoms with E-state index in [0.717, 1.165) is 37.2 Å². The zero-order chi connectivity index (χ0) is 19.9. The van der Waals surface area contributed by atoms with E-state index in [1.807, 2.05) is 31.2 Å². The standard InChI is InChI=1S/C23H26N2O3/c1-17(24-18(2)26)15-19-9-10-22-21(16-19)11-13-25(22)12-6-14-28-23(27)20-7-4-3-5-8-20/h3-5,7-10,15-16H,6,11-14H2,1-2H3,(H,24,26)/b17-15+. The van der Waals surface area contributed by atoms with Crippen LogP contribution in [0, 0.1) is 0 Å². The summed E-state index contributed by atoms with van der Waals surface area (Å²) in [6, 6.07) is 15.4. The first kappa shape index (κ1) is 19.7. The molecule has 1 aliphatic heterocycles. The van der Waals surface area contributed by atoms with Gasteiger partial charge >= 0.3 is 5.97 Å². The number of hydrogen-bond donors (Lipinski definition) is 1. The molecule has 0 radical (unpaired) electrons. The van der Waals surface area contributed by atoms with Gasteiger partial charge in [-0.1, -0.05) is 24.3 Å². The lowest BCUT2D eigenvalue weighted by atomic mass is 10.1. The summed E-state index contributed by atoms with van der Waals surface area (Å²) in [5.41, 5.74) is 5.06. The van der Waals surface area contributed by atoms with Gasteiger partial charge < -0.3 is 15.0 Å². The monoisotopic (exact) mass is 378 g/mol. The number of ether oxygens (including phenoxy) is 1. The number of hydrogen-bond acceptors (Lipinski definition) is 4. The number of nitrogens with zero attached hydrogens (tertiary/aromatic N) is 1. The molecule has 2 aromatic carbocycles. The van der Waals surface area contributed by atoms with E-state index in [1.165, 1.54) is 18.2 Å². The van der Waals surface area contributed by atoms with Crippen LogP contribution in [-0.4, -0.2) is 31.6 Å². The van der Waals surface area contributed by atoms with Crippen molar-refractivity contribution in [2.45, 2.75) is 26.7 Å². The highest BCUT2D eigenvalue weighted by Gasteiger charge is 2.18. The van der Waals surface area contributed by atoms with E-state index in [9.17, 15) is 9.59 Å². The Kier molecular flexibility index (Phi) is 6.48. The minimum absolute atomic E-state index is 0.0611. The Hall–Kier alpha value is -3.08. The van der Waals surface area contributed by atoms with Crippen molar-refractivity contribution in [3.05, 3.63) is 70.9 Å². The molecule has 0 saturated heterocycles. The Morgan fingerprint density at radius 1 is 1.14 bits per heavy atom. The summed E-state index contributed by atoms with van der Waals surface area (Å²) in [5, 5.41) is 2.79. The zero-order valence-electron chi connectivity index (χ0n) is 16.4. The molecule has 0 spiro atoms. The number of fused-ring (bicyclic) bond motifs is 1. The fraction of sp³-hybridized carbons (Fsp3) is 0.304. The van der Waals surface area contributed by atoms with Gasteiger partial charge in [0.1, 0.15) is 0 Å². The van der Waals surface area contributed by atoms with Gasteiger partial charge in [0.2, 0.25) is 5.91 Å². The van der Waals surface area contributed by atoms with Crippen molar-refractivity contribution in [1.29, 1.82) is 0 Å². The molecule has 3 rings (SSSR count). The van der Waals surface area contributed by atoms with Crippen LogP contribution in [0.4, 0.5) is 5.69 Å². The molecule has 0 atom stereocenters. The fourth-order valence-corrected chi connectivity index (χ4v) is 3.45. The van der Waals surface area contributed by atoms with Gasteiger partial charge in [-0.3, -0.25) is 4.79 Å². The fourth-order valence-electron chi connectivity index (χ4n) is 3.45. The largest absolute Gasteiger partial charge is 0.462 e. The number of amides is 1. The number of benzene rings is 2. The average molecular weight is 378 g/mol. The third kappa shape index (κ3) is 5.22. The summed E-state index contributed by atoms with van der Waals surface area (Å²) >= 11 is 0. The van der Waals surface area contributed by atoms with E-state index in [4.69, 9.17) is 4.74 Å². The minimum Gasteiger partial charge on any atom is -0.462 e. The van der Waals surface area contributed by atoms with Crippen LogP contribution in [-0.2, 0) is 16.0 Å². The van der Waals surface area contributed by atoms with Crippen LogP contribution < -0.4 is 10.2 Å². The van der Waals surface area contributed by atoms with Crippen molar-refractivity contribution in [3.63, 3.8) is 0 Å². The average Bonchev–Trinajstić information content (AvgIpc) is 3.07. The van der Waals surface area contributed by atoms with Crippen molar-refractivity contribution in [2.24, 2.45) is 0 Å². The van der Waals surface area contributed by atoms with Gasteiger partial charge in [-0.15, -0.1) is 0 Å². The summed E-state index contributed by atoms with van der Waals surface area (Å²) in [7, 11) is 0. The molecular formula is C23H26N2O3. The van der Waals surface area contributed by atoms with Gasteiger partial charge in [-0.2, -0.15) is 0 Å². The molecule has 1 N–H and O–H groups in total. The molecule has 1 amide bonds. The third-order valence-electron chi connectivity index (χ3n) is 4.67. The number of carbonyl (C=O) groups is 2. The summed E-state index contributed by atoms with van der Waals surface area (Å²) < 4.78 is 5.36. The second-order valence-electron chi connectivity index (χ2n) is 6.99. The predicted octanol–water partition coefficient (Wildman–Crippen LogP) is 3.79. The molecule has 1 heterocycles. The number of carbonyl (C=O) groups excluding carboxylic acids is 2. The van der Waals surface area contributed by atoms with Crippen molar-refractivity contribution < 1.29 is 14.3 Å². The SMILES string of the molecule is CC(=O)N/C(C)=C/c1ccc2c(c1)CCN2CCCOC(=O)c1ccccc1. The van der Waals surface area contributed by atoms with Crippen LogP contribution in [0.3, 0.4) is 0 Å². The Balaban J connectivity index is 1.50. The minimum atomic E-state index is -0.270. The Labute approximate surface area is 166 Å². The molecule has 0 aliphatic carbocycles. The molecule has 0 saturated carbocycles. The van der Waals surface area contributed by atoms with Gasteiger partial charge in [0, 0.05) is 31.4 Å². The number of allylic oxidation sites excluding steroid dienone is 1. The van der Waals surface area contributed by atoms with Crippen LogP contribution in [0.2, 0.25) is 0 Å². The Bertz CT molecular complexity index is 875. The highest BCUT2D eigenvalue weighted by Crippen LogP contribution is 2.29. The van der Waals surface area contributed by atoms with Crippen LogP contribution in [0.15, 0.2) is 54.2 Å². The van der Waals surface area contributed by atoms with Gasteiger partial charge in [-0.25, -0.2) is 4.79 Å². The molecule has 0 bridgehead atoms. The third-order valence-corrected chi connectivity index (χ3v) is 4.67. The first-order chi connectivity index (χ1) is 13.5. The second-order valence-corrected chi connectivity index (χ2v) is 6.99. The maximum Gasteiger partial charge on any atom is 0.338 e. The van der Waals surface area contributed by atoms with Crippen LogP contribution in [0.5, 0.6) is 0 Å². The van der Waals surface area contributed by atoms with Crippen molar-refractivity contribution in [1.82, 2.24) is 5.32 Å². The van der Waals surface area contributed by atoms with Crippen LogP contribution in [0.25, 0.3) is 6.08 Å². The molecule has 146 valence electrons. The molecule has 28 heavy (non-hydrogen) atoms.